The van der Waals surface area contributed by atoms with E-state index in [-0.39, 0.29) is 13.4 Å². The summed E-state index contributed by atoms with van der Waals surface area (Å²) >= 11 is 0. The summed E-state index contributed by atoms with van der Waals surface area (Å²) in [5.74, 6) is 0. The minimum Gasteiger partial charge on any atom is -0.310 e. The summed E-state index contributed by atoms with van der Waals surface area (Å²) in [5, 5.41) is 7.50. The standard InChI is InChI=1S/C76H70B2N2/c1-47-37-51(5)73(52(6)38-47)77(74-53(7)39-48(2)40-54(74)8)67-45-69(79(59-25-17-13-18-26-59)60-27-19-14-20-28-60)65-35-36-66-70(80(61-29-21-15-22-30-61)62-31-23-16-24-32-62)46-68(64-34-33-63(67)71(65)72(64)66)78(75-55(9)41-49(3)42-56(75)10)76-57(11)43-50(4)44-58(76)12/h13-46H,1-12H3. The fourth-order valence-electron chi connectivity index (χ4n) is 14.5. The third kappa shape index (κ3) is 9.05. The Bertz CT molecular complexity index is 3750. The molecule has 0 saturated heterocycles. The Labute approximate surface area is 475 Å². The summed E-state index contributed by atoms with van der Waals surface area (Å²) < 4.78 is 0. The summed E-state index contributed by atoms with van der Waals surface area (Å²) in [7, 11) is 0. The van der Waals surface area contributed by atoms with E-state index >= 15 is 0 Å². The van der Waals surface area contributed by atoms with Crippen molar-refractivity contribution in [1.29, 1.82) is 0 Å². The number of para-hydroxylation sites is 4. The highest BCUT2D eigenvalue weighted by Crippen LogP contribution is 2.47. The number of benzene rings is 12. The quantitative estimate of drug-likeness (QED) is 0.0889. The molecule has 80 heavy (non-hydrogen) atoms. The van der Waals surface area contributed by atoms with Crippen LogP contribution in [0.4, 0.5) is 34.1 Å². The number of aryl methyl sites for hydroxylation is 12. The topological polar surface area (TPSA) is 6.48 Å². The highest BCUT2D eigenvalue weighted by molar-refractivity contribution is 6.99. The van der Waals surface area contributed by atoms with Gasteiger partial charge in [0.05, 0.1) is 11.4 Å². The zero-order valence-electron chi connectivity index (χ0n) is 48.7. The molecule has 12 rings (SSSR count). The molecule has 0 aromatic heterocycles. The molecule has 0 aliphatic heterocycles. The van der Waals surface area contributed by atoms with E-state index in [1.807, 2.05) is 0 Å². The van der Waals surface area contributed by atoms with E-state index in [4.69, 9.17) is 0 Å². The maximum atomic E-state index is 2.58. The van der Waals surface area contributed by atoms with Crippen molar-refractivity contribution < 1.29 is 0 Å². The third-order valence-electron chi connectivity index (χ3n) is 17.2. The van der Waals surface area contributed by atoms with E-state index in [2.05, 4.69) is 299 Å². The molecule has 0 atom stereocenters. The van der Waals surface area contributed by atoms with Gasteiger partial charge in [0.2, 0.25) is 13.4 Å². The molecular formula is C76H70B2N2. The molecule has 0 aliphatic rings. The second-order valence-corrected chi connectivity index (χ2v) is 23.2. The van der Waals surface area contributed by atoms with Crippen LogP contribution in [-0.2, 0) is 0 Å². The van der Waals surface area contributed by atoms with Crippen molar-refractivity contribution in [2.75, 3.05) is 9.80 Å². The van der Waals surface area contributed by atoms with Gasteiger partial charge in [-0.25, -0.2) is 0 Å². The van der Waals surface area contributed by atoms with Gasteiger partial charge < -0.3 is 9.80 Å². The molecule has 4 heteroatoms. The average molecular weight is 1030 g/mol. The number of rotatable bonds is 12. The minimum atomic E-state index is -0.0968. The Balaban J connectivity index is 1.34. The van der Waals surface area contributed by atoms with Crippen molar-refractivity contribution in [3.05, 3.63) is 273 Å². The van der Waals surface area contributed by atoms with Gasteiger partial charge in [0.1, 0.15) is 0 Å². The summed E-state index contributed by atoms with van der Waals surface area (Å²) in [6.07, 6.45) is 0. The number of anilines is 6. The Morgan fingerprint density at radius 2 is 0.450 bits per heavy atom. The molecule has 0 N–H and O–H groups in total. The van der Waals surface area contributed by atoms with E-state index in [0.717, 1.165) is 34.1 Å². The smallest absolute Gasteiger partial charge is 0.243 e. The van der Waals surface area contributed by atoms with Gasteiger partial charge in [-0.1, -0.05) is 245 Å². The highest BCUT2D eigenvalue weighted by atomic mass is 15.1. The SMILES string of the molecule is Cc1cc(C)c(B(c2c(C)cc(C)cc2C)c2cc(N(c3ccccc3)c3ccccc3)c3ccc4c(N(c5ccccc5)c5ccccc5)cc(B(c5c(C)cc(C)cc5C)c5c(C)cc(C)cc5C)c5ccc2c3c54)c(C)c1. The van der Waals surface area contributed by atoms with Gasteiger partial charge in [0, 0.05) is 33.5 Å². The molecule has 12 aromatic rings. The van der Waals surface area contributed by atoms with E-state index in [1.54, 1.807) is 0 Å². The van der Waals surface area contributed by atoms with Gasteiger partial charge in [-0.2, -0.15) is 0 Å². The lowest BCUT2D eigenvalue weighted by Crippen LogP contribution is -2.56. The summed E-state index contributed by atoms with van der Waals surface area (Å²) in [4.78, 5) is 5.03. The van der Waals surface area contributed by atoms with Crippen LogP contribution in [0, 0.1) is 83.1 Å². The Kier molecular flexibility index (Phi) is 13.6. The second-order valence-electron chi connectivity index (χ2n) is 23.2. The fourth-order valence-corrected chi connectivity index (χ4v) is 14.5. The van der Waals surface area contributed by atoms with Crippen LogP contribution in [0.5, 0.6) is 0 Å². The first-order chi connectivity index (χ1) is 38.7. The third-order valence-corrected chi connectivity index (χ3v) is 17.2. The predicted molar refractivity (Wildman–Crippen MR) is 351 cm³/mol. The molecule has 0 unspecified atom stereocenters. The number of hydrogen-bond acceptors (Lipinski definition) is 2. The van der Waals surface area contributed by atoms with Crippen LogP contribution in [0.15, 0.2) is 206 Å². The van der Waals surface area contributed by atoms with Gasteiger partial charge in [-0.15, -0.1) is 0 Å². The van der Waals surface area contributed by atoms with Crippen molar-refractivity contribution in [2.45, 2.75) is 83.1 Å². The van der Waals surface area contributed by atoms with Crippen LogP contribution in [0.3, 0.4) is 0 Å². The van der Waals surface area contributed by atoms with Gasteiger partial charge in [-0.3, -0.25) is 0 Å². The molecular weight excluding hydrogens is 962 g/mol. The second kappa shape index (κ2) is 20.9. The van der Waals surface area contributed by atoms with Gasteiger partial charge in [0.15, 0.2) is 0 Å². The zero-order chi connectivity index (χ0) is 55.7. The maximum absolute atomic E-state index is 2.58. The Morgan fingerprint density at radius 1 is 0.237 bits per heavy atom. The van der Waals surface area contributed by atoms with E-state index in [0.29, 0.717) is 0 Å². The van der Waals surface area contributed by atoms with Crippen molar-refractivity contribution >= 4 is 113 Å². The molecule has 0 spiro atoms. The normalized spacial score (nSPS) is 11.5. The molecule has 0 saturated carbocycles. The first-order valence-corrected chi connectivity index (χ1v) is 28.6. The Morgan fingerprint density at radius 3 is 0.675 bits per heavy atom. The van der Waals surface area contributed by atoms with Gasteiger partial charge in [-0.05, 0) is 165 Å². The van der Waals surface area contributed by atoms with Crippen molar-refractivity contribution in [3.8, 4) is 0 Å². The number of nitrogens with zero attached hydrogens (tertiary/aromatic N) is 2. The molecule has 0 aliphatic carbocycles. The molecule has 12 aromatic carbocycles. The molecule has 390 valence electrons. The lowest BCUT2D eigenvalue weighted by atomic mass is 9.33. The number of hydrogen-bond donors (Lipinski definition) is 0. The molecule has 0 bridgehead atoms. The van der Waals surface area contributed by atoms with Crippen molar-refractivity contribution in [1.82, 2.24) is 0 Å². The lowest BCUT2D eigenvalue weighted by molar-refractivity contribution is 1.30. The molecule has 2 nitrogen and oxygen atoms in total. The van der Waals surface area contributed by atoms with Crippen LogP contribution in [-0.4, -0.2) is 13.4 Å². The largest absolute Gasteiger partial charge is 0.310 e. The fraction of sp³-hybridized carbons (Fsp3) is 0.158. The van der Waals surface area contributed by atoms with Crippen LogP contribution in [0.1, 0.15) is 66.8 Å². The van der Waals surface area contributed by atoms with Gasteiger partial charge in [0.25, 0.3) is 0 Å². The maximum Gasteiger partial charge on any atom is 0.243 e. The van der Waals surface area contributed by atoms with E-state index < -0.39 is 0 Å². The summed E-state index contributed by atoms with van der Waals surface area (Å²) in [6.45, 7) is 27.5. The molecule has 0 radical (unpaired) electrons. The van der Waals surface area contributed by atoms with Crippen LogP contribution >= 0.6 is 0 Å². The van der Waals surface area contributed by atoms with Crippen LogP contribution in [0.25, 0.3) is 32.3 Å². The lowest BCUT2D eigenvalue weighted by Gasteiger charge is -2.33. The first kappa shape index (κ1) is 52.1. The van der Waals surface area contributed by atoms with Gasteiger partial charge >= 0.3 is 0 Å². The van der Waals surface area contributed by atoms with E-state index in [9.17, 15) is 0 Å². The predicted octanol–water partition coefficient (Wildman–Crippen LogP) is 16.3. The molecule has 0 amide bonds. The minimum absolute atomic E-state index is 0.0968. The van der Waals surface area contributed by atoms with Crippen molar-refractivity contribution in [3.63, 3.8) is 0 Å². The Hall–Kier alpha value is -8.59. The average Bonchev–Trinajstić information content (AvgIpc) is 3.62. The molecule has 0 fully saturated rings. The van der Waals surface area contributed by atoms with Crippen molar-refractivity contribution in [2.24, 2.45) is 0 Å². The highest BCUT2D eigenvalue weighted by Gasteiger charge is 2.36. The zero-order valence-corrected chi connectivity index (χ0v) is 48.7. The van der Waals surface area contributed by atoms with Crippen LogP contribution < -0.4 is 42.6 Å². The van der Waals surface area contributed by atoms with Crippen LogP contribution in [0.2, 0.25) is 0 Å². The first-order valence-electron chi connectivity index (χ1n) is 28.6. The summed E-state index contributed by atoms with van der Waals surface area (Å²) in [6, 6.07) is 78.3. The monoisotopic (exact) mass is 1030 g/mol. The summed E-state index contributed by atoms with van der Waals surface area (Å²) in [5.41, 5.74) is 30.4. The molecule has 0 heterocycles. The van der Waals surface area contributed by atoms with E-state index in [1.165, 1.54) is 132 Å².